The molecular formula is H13AlBaO5SSi. The van der Waals surface area contributed by atoms with Crippen LogP contribution in [0.4, 0.5) is 0 Å². The average Bonchev–Trinajstić information content (AvgIpc) is 0.722. The molecule has 0 aliphatic carbocycles. The van der Waals surface area contributed by atoms with E-state index in [1.807, 2.05) is 0 Å². The second-order valence-electron chi connectivity index (χ2n) is 0.448. The minimum absolute atomic E-state index is 0. The molecule has 0 radical (unpaired) electrons. The first-order valence-corrected chi connectivity index (χ1v) is 2.10. The second kappa shape index (κ2) is 12.8. The summed E-state index contributed by atoms with van der Waals surface area (Å²) < 4.78 is 31.6. The van der Waals surface area contributed by atoms with E-state index in [9.17, 15) is 0 Å². The van der Waals surface area contributed by atoms with Gasteiger partial charge in [-0.1, -0.05) is 0 Å². The first kappa shape index (κ1) is 30.4. The zero-order valence-electron chi connectivity index (χ0n) is 5.33. The summed E-state index contributed by atoms with van der Waals surface area (Å²) in [5, 5.41) is 0. The van der Waals surface area contributed by atoms with Crippen LogP contribution in [-0.2, 0) is 10.4 Å². The molecule has 0 spiro atoms. The summed E-state index contributed by atoms with van der Waals surface area (Å²) in [7, 11) is -4.67. The molecule has 0 atom stereocenters. The molecule has 0 aromatic rings. The zero-order valence-corrected chi connectivity index (χ0v) is 8.58. The number of rotatable bonds is 0. The maximum Gasteiger partial charge on any atom is 2.00 e. The van der Waals surface area contributed by atoms with Crippen LogP contribution >= 0.6 is 0 Å². The molecule has 0 fully saturated rings. The summed E-state index contributed by atoms with van der Waals surface area (Å²) in [6.45, 7) is 0. The van der Waals surface area contributed by atoms with E-state index in [2.05, 4.69) is 0 Å². The molecule has 4 N–H and O–H groups in total. The van der Waals surface area contributed by atoms with Gasteiger partial charge in [0.25, 0.3) is 0 Å². The quantitative estimate of drug-likeness (QED) is 0.348. The number of hydrogen-bond acceptors (Lipinski definition) is 2. The minimum Gasteiger partial charge on any atom is -1.00 e. The van der Waals surface area contributed by atoms with E-state index < -0.39 is 10.4 Å². The normalized spacial score (nSPS) is 6.44. The third-order valence-corrected chi connectivity index (χ3v) is 0. The summed E-state index contributed by atoms with van der Waals surface area (Å²) in [6.07, 6.45) is 0. The third-order valence-electron chi connectivity index (χ3n) is 0. The Bertz CT molecular complexity index is 108. The van der Waals surface area contributed by atoms with Crippen molar-refractivity contribution in [3.05, 3.63) is 0 Å². The van der Waals surface area contributed by atoms with Gasteiger partial charge in [-0.2, -0.15) is 8.42 Å². The predicted molar refractivity (Wildman–Crippen MR) is 47.0 cm³/mol. The Kier molecular flexibility index (Phi) is 43.2. The molecule has 0 rings (SSSR count). The first-order chi connectivity index (χ1) is 2.00. The van der Waals surface area contributed by atoms with Crippen LogP contribution in [0.5, 0.6) is 0 Å². The summed E-state index contributed by atoms with van der Waals surface area (Å²) in [5.41, 5.74) is 0. The van der Waals surface area contributed by atoms with Gasteiger partial charge in [-0.15, -0.1) is 0 Å². The molecule has 0 heterocycles. The van der Waals surface area contributed by atoms with E-state index in [-0.39, 0.29) is 85.5 Å². The summed E-state index contributed by atoms with van der Waals surface area (Å²) in [5.74, 6) is 0. The van der Waals surface area contributed by atoms with Crippen LogP contribution in [0.1, 0.15) is 2.85 Å². The Morgan fingerprint density at radius 3 is 1.22 bits per heavy atom. The standard InChI is InChI=1S/Al.Ba.H2O4S.H2O.H4Si.5H/c;;1-5(2,3)4;;;;;;;/h;;(H2,1,2,3,4);1H2;1H4;;;;;/q;+2;;;;;;;2*-1. The summed E-state index contributed by atoms with van der Waals surface area (Å²) in [4.78, 5) is 0. The maximum atomic E-state index is 8.74. The SMILES string of the molecule is O.O=S(=O)(O)O.[AlH3].[Ba+2].[H-].[H-].[SiH4]. The van der Waals surface area contributed by atoms with E-state index in [1.54, 1.807) is 0 Å². The molecule has 5 nitrogen and oxygen atoms in total. The molecule has 9 heteroatoms. The van der Waals surface area contributed by atoms with Gasteiger partial charge in [-0.25, -0.2) is 0 Å². The van der Waals surface area contributed by atoms with Crippen LogP contribution in [-0.4, -0.2) is 100 Å². The van der Waals surface area contributed by atoms with Gasteiger partial charge < -0.3 is 8.33 Å². The van der Waals surface area contributed by atoms with E-state index in [0.29, 0.717) is 0 Å². The van der Waals surface area contributed by atoms with Crippen LogP contribution in [0.15, 0.2) is 0 Å². The average molecular weight is 318 g/mol. The largest absolute Gasteiger partial charge is 2.00 e. The van der Waals surface area contributed by atoms with Gasteiger partial charge in [0.15, 0.2) is 17.4 Å². The van der Waals surface area contributed by atoms with E-state index in [1.165, 1.54) is 0 Å². The van der Waals surface area contributed by atoms with Crippen LogP contribution in [0.25, 0.3) is 0 Å². The molecule has 0 amide bonds. The Labute approximate surface area is 112 Å². The van der Waals surface area contributed by atoms with Crippen molar-refractivity contribution in [1.29, 1.82) is 0 Å². The fourth-order valence-corrected chi connectivity index (χ4v) is 0. The molecule has 0 saturated heterocycles. The topological polar surface area (TPSA) is 106 Å². The fourth-order valence-electron chi connectivity index (χ4n) is 0. The van der Waals surface area contributed by atoms with Gasteiger partial charge >= 0.3 is 59.3 Å². The number of hydrogen-bond donors (Lipinski definition) is 2. The fraction of sp³-hybridized carbons (Fsp3) is 0. The maximum absolute atomic E-state index is 8.74. The molecule has 0 aromatic carbocycles. The predicted octanol–water partition coefficient (Wildman–Crippen LogP) is -4.27. The third kappa shape index (κ3) is 146. The monoisotopic (exact) mass is 318 g/mol. The zero-order chi connectivity index (χ0) is 4.50. The van der Waals surface area contributed by atoms with Crippen molar-refractivity contribution in [3.8, 4) is 0 Å². The molecule has 0 aliphatic heterocycles. The minimum atomic E-state index is -4.67. The van der Waals surface area contributed by atoms with Crippen molar-refractivity contribution in [2.24, 2.45) is 0 Å². The Balaban J connectivity index is -0.00000000533. The van der Waals surface area contributed by atoms with Crippen molar-refractivity contribution >= 4 is 87.6 Å². The molecule has 0 unspecified atom stereocenters. The Morgan fingerprint density at radius 1 is 1.22 bits per heavy atom. The van der Waals surface area contributed by atoms with Gasteiger partial charge in [0, 0.05) is 0 Å². The molecule has 9 heavy (non-hydrogen) atoms. The molecular weight excluding hydrogens is 304 g/mol. The molecule has 0 saturated carbocycles. The van der Waals surface area contributed by atoms with Crippen molar-refractivity contribution in [2.75, 3.05) is 0 Å². The van der Waals surface area contributed by atoms with E-state index in [4.69, 9.17) is 17.5 Å². The van der Waals surface area contributed by atoms with Gasteiger partial charge in [-0.3, -0.25) is 9.11 Å². The van der Waals surface area contributed by atoms with E-state index in [0.717, 1.165) is 0 Å². The summed E-state index contributed by atoms with van der Waals surface area (Å²) in [6, 6.07) is 0. The molecule has 0 aromatic heterocycles. The Morgan fingerprint density at radius 2 is 1.22 bits per heavy atom. The molecule has 0 aliphatic rings. The molecule has 0 bridgehead atoms. The smallest absolute Gasteiger partial charge is 1.00 e. The van der Waals surface area contributed by atoms with Crippen molar-refractivity contribution in [3.63, 3.8) is 0 Å². The van der Waals surface area contributed by atoms with Gasteiger partial charge in [0.1, 0.15) is 0 Å². The van der Waals surface area contributed by atoms with Crippen molar-refractivity contribution < 1.29 is 25.9 Å². The summed E-state index contributed by atoms with van der Waals surface area (Å²) >= 11 is 0. The molecule has 58 valence electrons. The van der Waals surface area contributed by atoms with E-state index >= 15 is 0 Å². The van der Waals surface area contributed by atoms with Crippen LogP contribution in [0.3, 0.4) is 0 Å². The second-order valence-corrected chi connectivity index (χ2v) is 1.34. The Hall–Kier alpha value is 2.15. The first-order valence-electron chi connectivity index (χ1n) is 0.698. The van der Waals surface area contributed by atoms with Gasteiger partial charge in [0.2, 0.25) is 0 Å². The van der Waals surface area contributed by atoms with Crippen molar-refractivity contribution in [2.45, 2.75) is 0 Å². The van der Waals surface area contributed by atoms with Crippen LogP contribution < -0.4 is 0 Å². The van der Waals surface area contributed by atoms with Crippen LogP contribution in [0, 0.1) is 0 Å². The van der Waals surface area contributed by atoms with Crippen LogP contribution in [0.2, 0.25) is 0 Å². The van der Waals surface area contributed by atoms with Gasteiger partial charge in [0.05, 0.1) is 0 Å². The van der Waals surface area contributed by atoms with Gasteiger partial charge in [-0.05, 0) is 11.0 Å². The van der Waals surface area contributed by atoms with Crippen molar-refractivity contribution in [1.82, 2.24) is 0 Å².